The van der Waals surface area contributed by atoms with Crippen molar-refractivity contribution >= 4 is 45.9 Å². The highest BCUT2D eigenvalue weighted by Gasteiger charge is 2.13. The first-order chi connectivity index (χ1) is 11.5. The minimum absolute atomic E-state index is 0.0834. The number of hydrogen-bond acceptors (Lipinski definition) is 6. The molecule has 1 amide bonds. The van der Waals surface area contributed by atoms with Gasteiger partial charge in [-0.2, -0.15) is 5.10 Å². The maximum Gasteiger partial charge on any atom is 0.227 e. The second kappa shape index (κ2) is 7.37. The summed E-state index contributed by atoms with van der Waals surface area (Å²) in [5, 5.41) is 14.5. The van der Waals surface area contributed by atoms with Gasteiger partial charge >= 0.3 is 0 Å². The van der Waals surface area contributed by atoms with E-state index >= 15 is 0 Å². The summed E-state index contributed by atoms with van der Waals surface area (Å²) in [6, 6.07) is 3.94. The molecule has 0 saturated heterocycles. The first-order valence-corrected chi connectivity index (χ1v) is 9.65. The minimum atomic E-state index is -0.0834. The van der Waals surface area contributed by atoms with Gasteiger partial charge in [-0.05, 0) is 29.6 Å². The molecule has 3 heterocycles. The van der Waals surface area contributed by atoms with Crippen LogP contribution < -0.4 is 5.32 Å². The summed E-state index contributed by atoms with van der Waals surface area (Å²) in [6.07, 6.45) is 0.308. The molecule has 0 fully saturated rings. The SMILES string of the molecule is CC(C)c1csc(NC(=O)CCn2c(-c3cccs3)n[nH]c2=S)n1. The molecule has 0 aliphatic carbocycles. The van der Waals surface area contributed by atoms with Gasteiger partial charge in [-0.3, -0.25) is 14.5 Å². The Labute approximate surface area is 152 Å². The number of carbonyl (C=O) groups is 1. The highest BCUT2D eigenvalue weighted by atomic mass is 32.1. The van der Waals surface area contributed by atoms with Crippen molar-refractivity contribution in [2.75, 3.05) is 5.32 Å². The molecular formula is C15H17N5OS3. The highest BCUT2D eigenvalue weighted by molar-refractivity contribution is 7.71. The molecule has 9 heteroatoms. The van der Waals surface area contributed by atoms with Crippen molar-refractivity contribution in [3.63, 3.8) is 0 Å². The van der Waals surface area contributed by atoms with Crippen molar-refractivity contribution in [1.82, 2.24) is 19.7 Å². The number of nitrogens with one attached hydrogen (secondary N) is 2. The van der Waals surface area contributed by atoms with E-state index in [1.54, 1.807) is 11.3 Å². The van der Waals surface area contributed by atoms with Crippen molar-refractivity contribution in [2.45, 2.75) is 32.7 Å². The Kier molecular flexibility index (Phi) is 5.22. The zero-order valence-electron chi connectivity index (χ0n) is 13.3. The number of H-pyrrole nitrogens is 1. The van der Waals surface area contributed by atoms with Gasteiger partial charge in [0.1, 0.15) is 0 Å². The molecule has 0 aromatic carbocycles. The summed E-state index contributed by atoms with van der Waals surface area (Å²) in [4.78, 5) is 17.6. The summed E-state index contributed by atoms with van der Waals surface area (Å²) in [7, 11) is 0. The maximum atomic E-state index is 12.2. The summed E-state index contributed by atoms with van der Waals surface area (Å²) < 4.78 is 2.37. The number of aromatic nitrogens is 4. The number of aromatic amines is 1. The van der Waals surface area contributed by atoms with Gasteiger partial charge in [0.25, 0.3) is 0 Å². The summed E-state index contributed by atoms with van der Waals surface area (Å²) in [6.45, 7) is 4.62. The van der Waals surface area contributed by atoms with Crippen LogP contribution in [0.5, 0.6) is 0 Å². The normalized spacial score (nSPS) is 11.1. The Morgan fingerprint density at radius 3 is 2.96 bits per heavy atom. The maximum absolute atomic E-state index is 12.2. The van der Waals surface area contributed by atoms with Gasteiger partial charge in [0.05, 0.1) is 10.6 Å². The molecule has 2 N–H and O–H groups in total. The summed E-state index contributed by atoms with van der Waals surface area (Å²) in [5.74, 6) is 1.03. The van der Waals surface area contributed by atoms with Gasteiger partial charge in [-0.15, -0.1) is 22.7 Å². The van der Waals surface area contributed by atoms with Crippen LogP contribution in [0.2, 0.25) is 0 Å². The Balaban J connectivity index is 1.64. The third-order valence-corrected chi connectivity index (χ3v) is 5.38. The van der Waals surface area contributed by atoms with Crippen LogP contribution in [0.3, 0.4) is 0 Å². The molecule has 3 aromatic heterocycles. The van der Waals surface area contributed by atoms with E-state index < -0.39 is 0 Å². The molecular weight excluding hydrogens is 362 g/mol. The Morgan fingerprint density at radius 1 is 1.46 bits per heavy atom. The molecule has 3 rings (SSSR count). The lowest BCUT2D eigenvalue weighted by atomic mass is 10.2. The monoisotopic (exact) mass is 379 g/mol. The van der Waals surface area contributed by atoms with Gasteiger partial charge in [-0.25, -0.2) is 4.98 Å². The smallest absolute Gasteiger partial charge is 0.227 e. The molecule has 126 valence electrons. The quantitative estimate of drug-likeness (QED) is 0.627. The Morgan fingerprint density at radius 2 is 2.29 bits per heavy atom. The van der Waals surface area contributed by atoms with Crippen molar-refractivity contribution in [1.29, 1.82) is 0 Å². The van der Waals surface area contributed by atoms with E-state index in [2.05, 4.69) is 34.3 Å². The van der Waals surface area contributed by atoms with Crippen LogP contribution in [0.4, 0.5) is 5.13 Å². The average Bonchev–Trinajstić information content (AvgIpc) is 3.25. The number of carbonyl (C=O) groups excluding carboxylic acids is 1. The first kappa shape index (κ1) is 17.0. The van der Waals surface area contributed by atoms with Crippen LogP contribution in [0.25, 0.3) is 10.7 Å². The fourth-order valence-corrected chi connectivity index (χ4v) is 3.96. The van der Waals surface area contributed by atoms with E-state index in [1.807, 2.05) is 27.5 Å². The fourth-order valence-electron chi connectivity index (χ4n) is 2.12. The molecule has 3 aromatic rings. The van der Waals surface area contributed by atoms with Gasteiger partial charge in [0, 0.05) is 18.3 Å². The Hall–Kier alpha value is -1.84. The first-order valence-electron chi connectivity index (χ1n) is 7.49. The number of amides is 1. The predicted molar refractivity (Wildman–Crippen MR) is 100 cm³/mol. The van der Waals surface area contributed by atoms with Crippen LogP contribution in [-0.4, -0.2) is 25.7 Å². The van der Waals surface area contributed by atoms with Crippen molar-refractivity contribution in [3.8, 4) is 10.7 Å². The zero-order valence-corrected chi connectivity index (χ0v) is 15.7. The largest absolute Gasteiger partial charge is 0.302 e. The van der Waals surface area contributed by atoms with E-state index in [4.69, 9.17) is 12.2 Å². The third kappa shape index (κ3) is 3.80. The number of thiazole rings is 1. The lowest BCUT2D eigenvalue weighted by molar-refractivity contribution is -0.116. The zero-order chi connectivity index (χ0) is 17.1. The van der Waals surface area contributed by atoms with E-state index in [1.165, 1.54) is 11.3 Å². The van der Waals surface area contributed by atoms with E-state index in [-0.39, 0.29) is 5.91 Å². The lowest BCUT2D eigenvalue weighted by Gasteiger charge is -2.05. The number of hydrogen-bond donors (Lipinski definition) is 2. The lowest BCUT2D eigenvalue weighted by Crippen LogP contribution is -2.15. The number of rotatable bonds is 6. The topological polar surface area (TPSA) is 75.6 Å². The average molecular weight is 380 g/mol. The molecule has 6 nitrogen and oxygen atoms in total. The summed E-state index contributed by atoms with van der Waals surface area (Å²) in [5.41, 5.74) is 0.993. The molecule has 0 aliphatic rings. The third-order valence-electron chi connectivity index (χ3n) is 3.42. The molecule has 0 radical (unpaired) electrons. The Bertz CT molecular complexity index is 875. The van der Waals surface area contributed by atoms with E-state index in [0.29, 0.717) is 28.8 Å². The van der Waals surface area contributed by atoms with Crippen LogP contribution in [0, 0.1) is 4.77 Å². The summed E-state index contributed by atoms with van der Waals surface area (Å²) >= 11 is 8.30. The van der Waals surface area contributed by atoms with Crippen molar-refractivity contribution in [2.24, 2.45) is 0 Å². The second-order valence-electron chi connectivity index (χ2n) is 5.51. The molecule has 0 spiro atoms. The van der Waals surface area contributed by atoms with E-state index in [9.17, 15) is 4.79 Å². The molecule has 0 bridgehead atoms. The fraction of sp³-hybridized carbons (Fsp3) is 0.333. The minimum Gasteiger partial charge on any atom is -0.302 e. The van der Waals surface area contributed by atoms with Crippen LogP contribution >= 0.6 is 34.9 Å². The van der Waals surface area contributed by atoms with Crippen molar-refractivity contribution in [3.05, 3.63) is 33.4 Å². The van der Waals surface area contributed by atoms with Crippen LogP contribution in [-0.2, 0) is 11.3 Å². The molecule has 0 unspecified atom stereocenters. The highest BCUT2D eigenvalue weighted by Crippen LogP contribution is 2.23. The van der Waals surface area contributed by atoms with Gasteiger partial charge in [0.15, 0.2) is 15.7 Å². The molecule has 0 aliphatic heterocycles. The number of anilines is 1. The molecule has 0 atom stereocenters. The second-order valence-corrected chi connectivity index (χ2v) is 7.70. The predicted octanol–water partition coefficient (Wildman–Crippen LogP) is 4.28. The van der Waals surface area contributed by atoms with Crippen LogP contribution in [0.15, 0.2) is 22.9 Å². The van der Waals surface area contributed by atoms with Gasteiger partial charge < -0.3 is 5.32 Å². The standard InChI is InChI=1S/C15H17N5OS3/c1-9(2)10-8-24-14(16-10)17-12(21)5-6-20-13(18-19-15(20)22)11-4-3-7-23-11/h3-4,7-9H,5-6H2,1-2H3,(H,19,22)(H,16,17,21). The number of thiophene rings is 1. The number of nitrogens with zero attached hydrogens (tertiary/aromatic N) is 3. The van der Waals surface area contributed by atoms with E-state index in [0.717, 1.165) is 16.4 Å². The van der Waals surface area contributed by atoms with Crippen LogP contribution in [0.1, 0.15) is 31.9 Å². The van der Waals surface area contributed by atoms with Gasteiger partial charge in [0.2, 0.25) is 5.91 Å². The molecule has 0 saturated carbocycles. The van der Waals surface area contributed by atoms with Crippen molar-refractivity contribution < 1.29 is 4.79 Å². The molecule has 24 heavy (non-hydrogen) atoms. The van der Waals surface area contributed by atoms with Gasteiger partial charge in [-0.1, -0.05) is 19.9 Å².